The van der Waals surface area contributed by atoms with Crippen molar-refractivity contribution in [1.82, 2.24) is 10.1 Å². The number of hydrogen-bond acceptors (Lipinski definition) is 8. The number of amides is 1. The lowest BCUT2D eigenvalue weighted by Crippen LogP contribution is -2.13. The van der Waals surface area contributed by atoms with Gasteiger partial charge in [-0.2, -0.15) is 4.98 Å². The number of methoxy groups -OCH3 is 4. The Morgan fingerprint density at radius 1 is 0.824 bits per heavy atom. The van der Waals surface area contributed by atoms with Gasteiger partial charge in [-0.3, -0.25) is 4.79 Å². The predicted octanol–water partition coefficient (Wildman–Crippen LogP) is 4.69. The van der Waals surface area contributed by atoms with Crippen molar-refractivity contribution in [3.8, 4) is 45.8 Å². The monoisotopic (exact) mass is 461 g/mol. The highest BCUT2D eigenvalue weighted by Gasteiger charge is 2.20. The van der Waals surface area contributed by atoms with Crippen molar-refractivity contribution >= 4 is 11.6 Å². The van der Waals surface area contributed by atoms with Gasteiger partial charge in [0.05, 0.1) is 45.3 Å². The molecule has 0 radical (unpaired) electrons. The van der Waals surface area contributed by atoms with Crippen LogP contribution in [0.5, 0.6) is 23.0 Å². The molecule has 1 N–H and O–H groups in total. The van der Waals surface area contributed by atoms with E-state index in [0.717, 1.165) is 0 Å². The van der Waals surface area contributed by atoms with Crippen molar-refractivity contribution < 1.29 is 28.3 Å². The van der Waals surface area contributed by atoms with Crippen LogP contribution in [0.25, 0.3) is 22.8 Å². The number of hydrogen-bond donors (Lipinski definition) is 1. The maximum Gasteiger partial charge on any atom is 0.260 e. The highest BCUT2D eigenvalue weighted by atomic mass is 16.5. The van der Waals surface area contributed by atoms with E-state index in [1.54, 1.807) is 54.6 Å². The Morgan fingerprint density at radius 3 is 2.15 bits per heavy atom. The van der Waals surface area contributed by atoms with Crippen LogP contribution < -0.4 is 24.3 Å². The second kappa shape index (κ2) is 9.95. The minimum Gasteiger partial charge on any atom is -0.496 e. The second-order valence-corrected chi connectivity index (χ2v) is 7.04. The molecule has 0 unspecified atom stereocenters. The van der Waals surface area contributed by atoms with Gasteiger partial charge < -0.3 is 28.8 Å². The fourth-order valence-electron chi connectivity index (χ4n) is 3.46. The van der Waals surface area contributed by atoms with Crippen LogP contribution in [0.2, 0.25) is 0 Å². The van der Waals surface area contributed by atoms with Gasteiger partial charge in [0.15, 0.2) is 11.5 Å². The highest BCUT2D eigenvalue weighted by Crippen LogP contribution is 2.41. The first-order valence-corrected chi connectivity index (χ1v) is 10.3. The maximum atomic E-state index is 12.9. The molecule has 9 nitrogen and oxygen atoms in total. The van der Waals surface area contributed by atoms with E-state index < -0.39 is 0 Å². The molecular weight excluding hydrogens is 438 g/mol. The van der Waals surface area contributed by atoms with Gasteiger partial charge in [0.2, 0.25) is 11.6 Å². The lowest BCUT2D eigenvalue weighted by molar-refractivity contribution is 0.102. The van der Waals surface area contributed by atoms with Crippen LogP contribution in [0, 0.1) is 0 Å². The molecule has 0 saturated heterocycles. The molecule has 0 bridgehead atoms. The smallest absolute Gasteiger partial charge is 0.260 e. The van der Waals surface area contributed by atoms with Crippen LogP contribution in [0.1, 0.15) is 10.4 Å². The fraction of sp³-hybridized carbons (Fsp3) is 0.160. The van der Waals surface area contributed by atoms with Crippen molar-refractivity contribution in [2.24, 2.45) is 0 Å². The summed E-state index contributed by atoms with van der Waals surface area (Å²) >= 11 is 0. The molecule has 0 aliphatic carbocycles. The van der Waals surface area contributed by atoms with Crippen LogP contribution in [0.3, 0.4) is 0 Å². The summed E-state index contributed by atoms with van der Waals surface area (Å²) in [6.07, 6.45) is 0. The molecule has 0 atom stereocenters. The largest absolute Gasteiger partial charge is 0.496 e. The average Bonchev–Trinajstić information content (AvgIpc) is 3.38. The van der Waals surface area contributed by atoms with E-state index in [2.05, 4.69) is 15.5 Å². The lowest BCUT2D eigenvalue weighted by atomic mass is 10.1. The van der Waals surface area contributed by atoms with Gasteiger partial charge in [0.25, 0.3) is 11.8 Å². The van der Waals surface area contributed by atoms with Crippen molar-refractivity contribution in [3.05, 3.63) is 66.2 Å². The molecule has 174 valence electrons. The number of para-hydroxylation sites is 2. The normalized spacial score (nSPS) is 10.5. The summed E-state index contributed by atoms with van der Waals surface area (Å²) in [4.78, 5) is 17.4. The Labute approximate surface area is 196 Å². The van der Waals surface area contributed by atoms with Crippen LogP contribution in [0.15, 0.2) is 65.2 Å². The maximum absolute atomic E-state index is 12.9. The third kappa shape index (κ3) is 4.36. The topological polar surface area (TPSA) is 105 Å². The minimum absolute atomic E-state index is 0.236. The number of nitrogens with zero attached hydrogens (tertiary/aromatic N) is 2. The van der Waals surface area contributed by atoms with E-state index in [-0.39, 0.29) is 11.8 Å². The summed E-state index contributed by atoms with van der Waals surface area (Å²) in [6, 6.07) is 17.6. The molecule has 0 aliphatic rings. The molecule has 1 aromatic heterocycles. The number of rotatable bonds is 8. The van der Waals surface area contributed by atoms with Crippen LogP contribution in [-0.4, -0.2) is 44.5 Å². The third-order valence-electron chi connectivity index (χ3n) is 5.11. The Balaban J connectivity index is 1.67. The molecule has 9 heteroatoms. The average molecular weight is 461 g/mol. The highest BCUT2D eigenvalue weighted by molar-refractivity contribution is 6.07. The Kier molecular flexibility index (Phi) is 6.63. The SMILES string of the molecule is COc1ccccc1C(=O)Nc1ccccc1-c1nc(-c2cc(OC)c(OC)c(OC)c2)no1. The first kappa shape index (κ1) is 22.7. The van der Waals surface area contributed by atoms with E-state index in [4.69, 9.17) is 23.5 Å². The van der Waals surface area contributed by atoms with E-state index in [1.807, 2.05) is 6.07 Å². The summed E-state index contributed by atoms with van der Waals surface area (Å²) in [5.41, 5.74) is 2.10. The first-order chi connectivity index (χ1) is 16.6. The molecule has 0 saturated carbocycles. The third-order valence-corrected chi connectivity index (χ3v) is 5.11. The van der Waals surface area contributed by atoms with Crippen molar-refractivity contribution in [2.75, 3.05) is 33.8 Å². The molecule has 0 spiro atoms. The summed E-state index contributed by atoms with van der Waals surface area (Å²) in [7, 11) is 6.11. The zero-order valence-electron chi connectivity index (χ0n) is 19.1. The van der Waals surface area contributed by atoms with Gasteiger partial charge in [-0.1, -0.05) is 29.4 Å². The Hall–Kier alpha value is -4.53. The summed E-state index contributed by atoms with van der Waals surface area (Å²) in [5.74, 6) is 2.09. The molecule has 0 aliphatic heterocycles. The van der Waals surface area contributed by atoms with E-state index in [1.165, 1.54) is 28.4 Å². The lowest BCUT2D eigenvalue weighted by Gasteiger charge is -2.12. The van der Waals surface area contributed by atoms with Gasteiger partial charge in [0, 0.05) is 5.56 Å². The van der Waals surface area contributed by atoms with Crippen LogP contribution in [0.4, 0.5) is 5.69 Å². The summed E-state index contributed by atoms with van der Waals surface area (Å²) in [5, 5.41) is 7.00. The Bertz CT molecular complexity index is 1290. The number of nitrogens with one attached hydrogen (secondary N) is 1. The van der Waals surface area contributed by atoms with Crippen molar-refractivity contribution in [3.63, 3.8) is 0 Å². The summed E-state index contributed by atoms with van der Waals surface area (Å²) < 4.78 is 27.0. The summed E-state index contributed by atoms with van der Waals surface area (Å²) in [6.45, 7) is 0. The molecule has 0 fully saturated rings. The van der Waals surface area contributed by atoms with E-state index in [0.29, 0.717) is 51.2 Å². The van der Waals surface area contributed by atoms with Gasteiger partial charge in [-0.15, -0.1) is 0 Å². The molecular formula is C25H23N3O6. The van der Waals surface area contributed by atoms with Crippen LogP contribution in [-0.2, 0) is 0 Å². The Morgan fingerprint density at radius 2 is 1.47 bits per heavy atom. The van der Waals surface area contributed by atoms with Gasteiger partial charge in [-0.25, -0.2) is 0 Å². The molecule has 4 rings (SSSR count). The zero-order valence-corrected chi connectivity index (χ0v) is 19.1. The van der Waals surface area contributed by atoms with Gasteiger partial charge >= 0.3 is 0 Å². The van der Waals surface area contributed by atoms with E-state index in [9.17, 15) is 4.79 Å². The number of aromatic nitrogens is 2. The quantitative estimate of drug-likeness (QED) is 0.403. The van der Waals surface area contributed by atoms with E-state index >= 15 is 0 Å². The molecule has 1 amide bonds. The van der Waals surface area contributed by atoms with Crippen LogP contribution >= 0.6 is 0 Å². The zero-order chi connectivity index (χ0) is 24.1. The van der Waals surface area contributed by atoms with Gasteiger partial charge in [-0.05, 0) is 36.4 Å². The number of ether oxygens (including phenoxy) is 4. The first-order valence-electron chi connectivity index (χ1n) is 10.3. The standard InChI is InChI=1S/C25H23N3O6/c1-30-19-12-8-6-10-17(19)24(29)26-18-11-7-5-9-16(18)25-27-23(28-34-25)15-13-20(31-2)22(33-4)21(14-15)32-3/h5-14H,1-4H3,(H,26,29). The molecule has 4 aromatic rings. The minimum atomic E-state index is -0.325. The molecule has 3 aromatic carbocycles. The van der Waals surface area contributed by atoms with Crippen molar-refractivity contribution in [1.29, 1.82) is 0 Å². The number of anilines is 1. The number of carbonyl (C=O) groups is 1. The van der Waals surface area contributed by atoms with Gasteiger partial charge in [0.1, 0.15) is 5.75 Å². The molecule has 1 heterocycles. The number of carbonyl (C=O) groups excluding carboxylic acids is 1. The predicted molar refractivity (Wildman–Crippen MR) is 126 cm³/mol. The van der Waals surface area contributed by atoms with Crippen molar-refractivity contribution in [2.45, 2.75) is 0 Å². The molecule has 34 heavy (non-hydrogen) atoms. The second-order valence-electron chi connectivity index (χ2n) is 7.04. The number of benzene rings is 3. The fourth-order valence-corrected chi connectivity index (χ4v) is 3.46.